The zero-order valence-electron chi connectivity index (χ0n) is 10.5. The van der Waals surface area contributed by atoms with Crippen LogP contribution in [0.5, 0.6) is 0 Å². The van der Waals surface area contributed by atoms with Gasteiger partial charge in [0, 0.05) is 28.7 Å². The molecular formula is C13H19BrClNO. The monoisotopic (exact) mass is 319 g/mol. The van der Waals surface area contributed by atoms with Crippen molar-refractivity contribution in [3.63, 3.8) is 0 Å². The molecule has 17 heavy (non-hydrogen) atoms. The highest BCUT2D eigenvalue weighted by molar-refractivity contribution is 9.10. The van der Waals surface area contributed by atoms with Crippen molar-refractivity contribution in [3.8, 4) is 0 Å². The van der Waals surface area contributed by atoms with Crippen LogP contribution in [0.4, 0.5) is 0 Å². The van der Waals surface area contributed by atoms with Crippen LogP contribution >= 0.6 is 27.5 Å². The van der Waals surface area contributed by atoms with Gasteiger partial charge in [-0.15, -0.1) is 0 Å². The van der Waals surface area contributed by atoms with Gasteiger partial charge in [0.25, 0.3) is 0 Å². The molecule has 4 heteroatoms. The van der Waals surface area contributed by atoms with Crippen molar-refractivity contribution in [1.29, 1.82) is 0 Å². The summed E-state index contributed by atoms with van der Waals surface area (Å²) in [5, 5.41) is 4.20. The van der Waals surface area contributed by atoms with Crippen LogP contribution in [-0.2, 0) is 4.74 Å². The van der Waals surface area contributed by atoms with Gasteiger partial charge in [0.05, 0.1) is 6.10 Å². The lowest BCUT2D eigenvalue weighted by molar-refractivity contribution is 0.0743. The fraction of sp³-hybridized carbons (Fsp3) is 0.538. The Balaban J connectivity index is 2.54. The van der Waals surface area contributed by atoms with Crippen LogP contribution in [0.1, 0.15) is 32.4 Å². The van der Waals surface area contributed by atoms with Gasteiger partial charge >= 0.3 is 0 Å². The maximum Gasteiger partial charge on any atom is 0.0671 e. The number of hydrogen-bond donors (Lipinski definition) is 1. The summed E-state index contributed by atoms with van der Waals surface area (Å²) in [5.74, 6) is 0. The van der Waals surface area contributed by atoms with Crippen molar-refractivity contribution in [2.75, 3.05) is 13.2 Å². The van der Waals surface area contributed by atoms with Gasteiger partial charge in [-0.3, -0.25) is 0 Å². The zero-order chi connectivity index (χ0) is 12.8. The molecule has 0 amide bonds. The molecule has 2 atom stereocenters. The van der Waals surface area contributed by atoms with Crippen LogP contribution in [0.15, 0.2) is 22.7 Å². The van der Waals surface area contributed by atoms with Gasteiger partial charge in [-0.2, -0.15) is 0 Å². The number of ether oxygens (including phenoxy) is 1. The van der Waals surface area contributed by atoms with E-state index < -0.39 is 0 Å². The van der Waals surface area contributed by atoms with Crippen molar-refractivity contribution >= 4 is 27.5 Å². The Labute approximate surface area is 117 Å². The lowest BCUT2D eigenvalue weighted by Crippen LogP contribution is -2.29. The fourth-order valence-electron chi connectivity index (χ4n) is 1.65. The highest BCUT2D eigenvalue weighted by Crippen LogP contribution is 2.26. The van der Waals surface area contributed by atoms with E-state index in [1.165, 1.54) is 0 Å². The summed E-state index contributed by atoms with van der Waals surface area (Å²) in [6.07, 6.45) is 0.219. The molecule has 0 aliphatic carbocycles. The van der Waals surface area contributed by atoms with Gasteiger partial charge in [-0.25, -0.2) is 0 Å². The Morgan fingerprint density at radius 1 is 1.41 bits per heavy atom. The highest BCUT2D eigenvalue weighted by atomic mass is 79.9. The number of halogens is 2. The molecule has 0 saturated carbocycles. The average molecular weight is 321 g/mol. The molecule has 0 heterocycles. The minimum Gasteiger partial charge on any atom is -0.377 e. The van der Waals surface area contributed by atoms with Gasteiger partial charge in [-0.1, -0.05) is 33.6 Å². The molecule has 0 radical (unpaired) electrons. The Kier molecular flexibility index (Phi) is 6.49. The predicted octanol–water partition coefficient (Wildman–Crippen LogP) is 4.18. The summed E-state index contributed by atoms with van der Waals surface area (Å²) in [6.45, 7) is 7.74. The van der Waals surface area contributed by atoms with E-state index in [0.29, 0.717) is 0 Å². The number of rotatable bonds is 6. The first-order valence-electron chi connectivity index (χ1n) is 5.84. The second-order valence-corrected chi connectivity index (χ2v) is 5.38. The summed E-state index contributed by atoms with van der Waals surface area (Å²) < 4.78 is 6.48. The van der Waals surface area contributed by atoms with Crippen molar-refractivity contribution in [2.24, 2.45) is 0 Å². The Hall–Kier alpha value is -0.0900. The Morgan fingerprint density at radius 3 is 2.71 bits per heavy atom. The highest BCUT2D eigenvalue weighted by Gasteiger charge is 2.10. The molecule has 1 N–H and O–H groups in total. The first-order chi connectivity index (χ1) is 8.04. The SMILES string of the molecule is CCOC(C)CNC(C)c1ccc(Br)cc1Cl. The van der Waals surface area contributed by atoms with E-state index in [1.54, 1.807) is 0 Å². The van der Waals surface area contributed by atoms with Crippen molar-refractivity contribution in [1.82, 2.24) is 5.32 Å². The van der Waals surface area contributed by atoms with Crippen molar-refractivity contribution < 1.29 is 4.74 Å². The smallest absolute Gasteiger partial charge is 0.0671 e. The van der Waals surface area contributed by atoms with E-state index in [0.717, 1.165) is 28.2 Å². The fourth-order valence-corrected chi connectivity index (χ4v) is 2.49. The average Bonchev–Trinajstić information content (AvgIpc) is 2.26. The lowest BCUT2D eigenvalue weighted by atomic mass is 10.1. The molecule has 0 saturated heterocycles. The van der Waals surface area contributed by atoms with Crippen LogP contribution in [0.2, 0.25) is 5.02 Å². The third kappa shape index (κ3) is 4.96. The molecule has 0 fully saturated rings. The molecule has 2 unspecified atom stereocenters. The molecule has 0 aromatic heterocycles. The van der Waals surface area contributed by atoms with E-state index in [2.05, 4.69) is 35.1 Å². The van der Waals surface area contributed by atoms with E-state index in [9.17, 15) is 0 Å². The van der Waals surface area contributed by atoms with E-state index >= 15 is 0 Å². The second kappa shape index (κ2) is 7.37. The molecule has 1 rings (SSSR count). The molecular weight excluding hydrogens is 302 g/mol. The standard InChI is InChI=1S/C13H19BrClNO/c1-4-17-9(2)8-16-10(3)12-6-5-11(14)7-13(12)15/h5-7,9-10,16H,4,8H2,1-3H3. The van der Waals surface area contributed by atoms with Gasteiger partial charge in [0.1, 0.15) is 0 Å². The molecule has 1 aromatic carbocycles. The predicted molar refractivity (Wildman–Crippen MR) is 76.7 cm³/mol. The topological polar surface area (TPSA) is 21.3 Å². The van der Waals surface area contributed by atoms with Crippen LogP contribution < -0.4 is 5.32 Å². The summed E-state index contributed by atoms with van der Waals surface area (Å²) in [4.78, 5) is 0. The molecule has 2 nitrogen and oxygen atoms in total. The number of nitrogens with one attached hydrogen (secondary N) is 1. The second-order valence-electron chi connectivity index (χ2n) is 4.06. The first-order valence-corrected chi connectivity index (χ1v) is 7.01. The van der Waals surface area contributed by atoms with E-state index in [1.807, 2.05) is 25.1 Å². The van der Waals surface area contributed by atoms with E-state index in [-0.39, 0.29) is 12.1 Å². The normalized spacial score (nSPS) is 14.6. The summed E-state index contributed by atoms with van der Waals surface area (Å²) in [7, 11) is 0. The van der Waals surface area contributed by atoms with Crippen LogP contribution in [0.3, 0.4) is 0 Å². The third-order valence-corrected chi connectivity index (χ3v) is 3.41. The Bertz CT molecular complexity index is 359. The third-order valence-electron chi connectivity index (χ3n) is 2.59. The van der Waals surface area contributed by atoms with Crippen LogP contribution in [0, 0.1) is 0 Å². The minimum atomic E-state index is 0.219. The molecule has 0 aliphatic heterocycles. The first kappa shape index (κ1) is 15.0. The maximum absolute atomic E-state index is 6.20. The van der Waals surface area contributed by atoms with Crippen LogP contribution in [-0.4, -0.2) is 19.3 Å². The minimum absolute atomic E-state index is 0.219. The summed E-state index contributed by atoms with van der Waals surface area (Å²) in [5.41, 5.74) is 1.11. The number of benzene rings is 1. The largest absolute Gasteiger partial charge is 0.377 e. The molecule has 1 aromatic rings. The Morgan fingerprint density at radius 2 is 2.12 bits per heavy atom. The summed E-state index contributed by atoms with van der Waals surface area (Å²) >= 11 is 9.60. The molecule has 0 spiro atoms. The van der Waals surface area contributed by atoms with Gasteiger partial charge in [0.2, 0.25) is 0 Å². The van der Waals surface area contributed by atoms with Gasteiger partial charge in [-0.05, 0) is 38.5 Å². The summed E-state index contributed by atoms with van der Waals surface area (Å²) in [6, 6.07) is 6.18. The van der Waals surface area contributed by atoms with Gasteiger partial charge in [0.15, 0.2) is 0 Å². The molecule has 0 bridgehead atoms. The number of hydrogen-bond acceptors (Lipinski definition) is 2. The quantitative estimate of drug-likeness (QED) is 0.849. The lowest BCUT2D eigenvalue weighted by Gasteiger charge is -2.19. The van der Waals surface area contributed by atoms with Crippen molar-refractivity contribution in [2.45, 2.75) is 32.9 Å². The van der Waals surface area contributed by atoms with Crippen LogP contribution in [0.25, 0.3) is 0 Å². The molecule has 96 valence electrons. The maximum atomic E-state index is 6.20. The molecule has 0 aliphatic rings. The zero-order valence-corrected chi connectivity index (χ0v) is 12.8. The van der Waals surface area contributed by atoms with E-state index in [4.69, 9.17) is 16.3 Å². The van der Waals surface area contributed by atoms with Crippen molar-refractivity contribution in [3.05, 3.63) is 33.3 Å². The van der Waals surface area contributed by atoms with Gasteiger partial charge < -0.3 is 10.1 Å².